The van der Waals surface area contributed by atoms with Crippen LogP contribution in [0.15, 0.2) is 47.3 Å². The quantitative estimate of drug-likeness (QED) is 0.329. The van der Waals surface area contributed by atoms with Gasteiger partial charge in [-0.3, -0.25) is 14.4 Å². The van der Waals surface area contributed by atoms with Crippen LogP contribution in [-0.2, 0) is 16.1 Å². The largest absolute Gasteiger partial charge is 0.493 e. The fraction of sp³-hybridized carbons (Fsp3) is 0.385. The van der Waals surface area contributed by atoms with Crippen molar-refractivity contribution in [2.75, 3.05) is 21.3 Å². The highest BCUT2D eigenvalue weighted by Crippen LogP contribution is 2.31. The van der Waals surface area contributed by atoms with Gasteiger partial charge in [-0.05, 0) is 30.2 Å². The van der Waals surface area contributed by atoms with Gasteiger partial charge in [0.2, 0.25) is 0 Å². The van der Waals surface area contributed by atoms with E-state index < -0.39 is 17.9 Å². The Bertz CT molecular complexity index is 1250. The van der Waals surface area contributed by atoms with Crippen LogP contribution in [0.2, 0.25) is 0 Å². The summed E-state index contributed by atoms with van der Waals surface area (Å²) in [7, 11) is 4.32. The lowest BCUT2D eigenvalue weighted by atomic mass is 10.0. The summed E-state index contributed by atoms with van der Waals surface area (Å²) in [5.74, 6) is -0.0186. The molecule has 9 nitrogen and oxygen atoms in total. The molecule has 2 aromatic carbocycles. The lowest BCUT2D eigenvalue weighted by Crippen LogP contribution is -2.34. The minimum atomic E-state index is -0.726. The number of aromatic nitrogens is 2. The van der Waals surface area contributed by atoms with Gasteiger partial charge in [0, 0.05) is 11.9 Å². The first kappa shape index (κ1) is 25.7. The maximum Gasteiger partial charge on any atom is 0.307 e. The number of amides is 1. The summed E-state index contributed by atoms with van der Waals surface area (Å²) in [6, 6.07) is 11.3. The molecule has 9 heteroatoms. The maximum atomic E-state index is 13.5. The van der Waals surface area contributed by atoms with Gasteiger partial charge in [-0.2, -0.15) is 5.10 Å². The number of hydrogen-bond acceptors (Lipinski definition) is 7. The highest BCUT2D eigenvalue weighted by Gasteiger charge is 2.24. The molecule has 1 atom stereocenters. The molecule has 0 aliphatic heterocycles. The Morgan fingerprint density at radius 3 is 2.37 bits per heavy atom. The summed E-state index contributed by atoms with van der Waals surface area (Å²) in [6.45, 7) is 2.49. The van der Waals surface area contributed by atoms with Gasteiger partial charge in [0.25, 0.3) is 11.5 Å². The predicted octanol–water partition coefficient (Wildman–Crippen LogP) is 3.64. The molecule has 0 bridgehead atoms. The molecular weight excluding hydrogens is 450 g/mol. The molecule has 1 heterocycles. The first-order valence-electron chi connectivity index (χ1n) is 11.5. The van der Waals surface area contributed by atoms with E-state index in [2.05, 4.69) is 17.3 Å². The van der Waals surface area contributed by atoms with Crippen LogP contribution in [0.5, 0.6) is 11.5 Å². The molecule has 1 aromatic heterocycles. The van der Waals surface area contributed by atoms with E-state index in [1.807, 2.05) is 0 Å². The molecular formula is C26H31N3O6. The highest BCUT2D eigenvalue weighted by molar-refractivity contribution is 6.05. The molecule has 1 amide bonds. The third kappa shape index (κ3) is 5.98. The van der Waals surface area contributed by atoms with Gasteiger partial charge in [0.15, 0.2) is 17.2 Å². The third-order valence-electron chi connectivity index (χ3n) is 5.77. The van der Waals surface area contributed by atoms with E-state index in [0.29, 0.717) is 34.4 Å². The fourth-order valence-corrected chi connectivity index (χ4v) is 3.86. The van der Waals surface area contributed by atoms with Gasteiger partial charge >= 0.3 is 5.97 Å². The summed E-state index contributed by atoms with van der Waals surface area (Å²) < 4.78 is 16.9. The van der Waals surface area contributed by atoms with Crippen molar-refractivity contribution in [3.8, 4) is 11.5 Å². The Kier molecular flexibility index (Phi) is 8.83. The van der Waals surface area contributed by atoms with Crippen LogP contribution in [0.1, 0.15) is 54.7 Å². The second-order valence-electron chi connectivity index (χ2n) is 8.05. The Morgan fingerprint density at radius 1 is 1.00 bits per heavy atom. The van der Waals surface area contributed by atoms with Gasteiger partial charge in [-0.1, -0.05) is 44.0 Å². The first-order chi connectivity index (χ1) is 16.9. The molecule has 1 unspecified atom stereocenters. The smallest absolute Gasteiger partial charge is 0.307 e. The lowest BCUT2D eigenvalue weighted by Gasteiger charge is -2.20. The average molecular weight is 482 g/mol. The van der Waals surface area contributed by atoms with Crippen molar-refractivity contribution in [1.82, 2.24) is 15.1 Å². The van der Waals surface area contributed by atoms with Gasteiger partial charge in [0.05, 0.1) is 39.2 Å². The number of benzene rings is 2. The number of carbonyl (C=O) groups is 2. The van der Waals surface area contributed by atoms with Crippen molar-refractivity contribution in [1.29, 1.82) is 0 Å². The minimum Gasteiger partial charge on any atom is -0.493 e. The van der Waals surface area contributed by atoms with Crippen molar-refractivity contribution < 1.29 is 23.8 Å². The van der Waals surface area contributed by atoms with Gasteiger partial charge < -0.3 is 19.5 Å². The van der Waals surface area contributed by atoms with Crippen LogP contribution in [-0.4, -0.2) is 43.0 Å². The van der Waals surface area contributed by atoms with Crippen LogP contribution >= 0.6 is 0 Å². The molecule has 3 aromatic rings. The summed E-state index contributed by atoms with van der Waals surface area (Å²) in [6.07, 6.45) is 2.62. The number of rotatable bonds is 11. The number of unbranched alkanes of at least 4 members (excludes halogenated alkanes) is 2. The molecule has 186 valence electrons. The summed E-state index contributed by atoms with van der Waals surface area (Å²) >= 11 is 0. The number of aryl methyl sites for hydroxylation is 1. The van der Waals surface area contributed by atoms with E-state index in [0.717, 1.165) is 19.3 Å². The topological polar surface area (TPSA) is 109 Å². The van der Waals surface area contributed by atoms with Gasteiger partial charge in [-0.25, -0.2) is 4.68 Å². The SMILES string of the molecule is CCCCCn1nc(C(=O)NC(CC(=O)OC)c2ccc(OC)c(OC)c2)c2ccccc2c1=O. The Hall–Kier alpha value is -3.88. The predicted molar refractivity (Wildman–Crippen MR) is 132 cm³/mol. The molecule has 0 radical (unpaired) electrons. The molecule has 1 N–H and O–H groups in total. The molecule has 35 heavy (non-hydrogen) atoms. The number of esters is 1. The van der Waals surface area contributed by atoms with Crippen LogP contribution in [0.25, 0.3) is 10.8 Å². The van der Waals surface area contributed by atoms with E-state index in [-0.39, 0.29) is 17.7 Å². The van der Waals surface area contributed by atoms with E-state index >= 15 is 0 Å². The maximum absolute atomic E-state index is 13.5. The van der Waals surface area contributed by atoms with Crippen LogP contribution in [0, 0.1) is 0 Å². The Balaban J connectivity index is 2.02. The second kappa shape index (κ2) is 12.0. The van der Waals surface area contributed by atoms with Crippen LogP contribution in [0.3, 0.4) is 0 Å². The monoisotopic (exact) mass is 481 g/mol. The molecule has 0 saturated heterocycles. The summed E-state index contributed by atoms with van der Waals surface area (Å²) in [4.78, 5) is 38.6. The van der Waals surface area contributed by atoms with Crippen molar-refractivity contribution in [2.24, 2.45) is 0 Å². The number of nitrogens with one attached hydrogen (secondary N) is 1. The molecule has 0 spiro atoms. The highest BCUT2D eigenvalue weighted by atomic mass is 16.5. The van der Waals surface area contributed by atoms with Crippen molar-refractivity contribution in [3.05, 3.63) is 64.1 Å². The molecule has 0 fully saturated rings. The van der Waals surface area contributed by atoms with Crippen LogP contribution in [0.4, 0.5) is 0 Å². The van der Waals surface area contributed by atoms with Gasteiger partial charge in [-0.15, -0.1) is 0 Å². The fourth-order valence-electron chi connectivity index (χ4n) is 3.86. The zero-order valence-electron chi connectivity index (χ0n) is 20.5. The Labute approximate surface area is 204 Å². The number of fused-ring (bicyclic) bond motifs is 1. The lowest BCUT2D eigenvalue weighted by molar-refractivity contribution is -0.141. The van der Waals surface area contributed by atoms with E-state index in [1.54, 1.807) is 42.5 Å². The Morgan fingerprint density at radius 2 is 1.71 bits per heavy atom. The van der Waals surface area contributed by atoms with Crippen molar-refractivity contribution >= 4 is 22.6 Å². The van der Waals surface area contributed by atoms with Crippen LogP contribution < -0.4 is 20.3 Å². The second-order valence-corrected chi connectivity index (χ2v) is 8.05. The number of methoxy groups -OCH3 is 3. The van der Waals surface area contributed by atoms with Gasteiger partial charge in [0.1, 0.15) is 0 Å². The zero-order chi connectivity index (χ0) is 25.4. The third-order valence-corrected chi connectivity index (χ3v) is 5.77. The molecule has 3 rings (SSSR count). The average Bonchev–Trinajstić information content (AvgIpc) is 2.89. The number of carbonyl (C=O) groups excluding carboxylic acids is 2. The van der Waals surface area contributed by atoms with E-state index in [9.17, 15) is 14.4 Å². The van der Waals surface area contributed by atoms with Crippen molar-refractivity contribution in [3.63, 3.8) is 0 Å². The first-order valence-corrected chi connectivity index (χ1v) is 11.5. The standard InChI is InChI=1S/C26H31N3O6/c1-5-6-9-14-29-26(32)19-11-8-7-10-18(19)24(28-29)25(31)27-20(16-23(30)35-4)17-12-13-21(33-2)22(15-17)34-3/h7-8,10-13,15,20H,5-6,9,14,16H2,1-4H3,(H,27,31). The van der Waals surface area contributed by atoms with E-state index in [1.165, 1.54) is 26.0 Å². The summed E-state index contributed by atoms with van der Waals surface area (Å²) in [5.41, 5.74) is 0.508. The molecule has 0 aliphatic rings. The minimum absolute atomic E-state index is 0.105. The normalized spacial score (nSPS) is 11.7. The molecule has 0 aliphatic carbocycles. The number of hydrogen-bond donors (Lipinski definition) is 1. The number of ether oxygens (including phenoxy) is 3. The molecule has 0 saturated carbocycles. The summed E-state index contributed by atoms with van der Waals surface area (Å²) in [5, 5.41) is 8.17. The number of nitrogens with zero attached hydrogens (tertiary/aromatic N) is 2. The van der Waals surface area contributed by atoms with E-state index in [4.69, 9.17) is 14.2 Å². The van der Waals surface area contributed by atoms with Crippen molar-refractivity contribution in [2.45, 2.75) is 45.2 Å². The zero-order valence-corrected chi connectivity index (χ0v) is 20.5.